The number of carbonyl (C=O) groups excluding carboxylic acids is 1. The van der Waals surface area contributed by atoms with Crippen LogP contribution in [-0.4, -0.2) is 64.5 Å². The zero-order chi connectivity index (χ0) is 22.5. The minimum Gasteiger partial charge on any atom is -0.497 e. The van der Waals surface area contributed by atoms with E-state index in [1.54, 1.807) is 19.4 Å². The molecule has 7 heteroatoms. The predicted molar refractivity (Wildman–Crippen MR) is 128 cm³/mol. The lowest BCUT2D eigenvalue weighted by atomic mass is 9.79. The average Bonchev–Trinajstić information content (AvgIpc) is 3.61. The number of Topliss-reactive ketones (excluding diaryl/α,β-unsaturated/α-hetero) is 1. The molecule has 1 aromatic heterocycles. The number of hydrogen-bond donors (Lipinski definition) is 1. The highest BCUT2D eigenvalue weighted by Crippen LogP contribution is 2.35. The zero-order valence-electron chi connectivity index (χ0n) is 18.7. The van der Waals surface area contributed by atoms with Crippen LogP contribution in [0.15, 0.2) is 30.5 Å². The molecule has 1 N–H and O–H groups in total. The first-order valence-corrected chi connectivity index (χ1v) is 12.6. The number of nitrogens with zero attached hydrogens (tertiary/aromatic N) is 2. The summed E-state index contributed by atoms with van der Waals surface area (Å²) in [6.45, 7) is 2.86. The molecule has 2 fully saturated rings. The Morgan fingerprint density at radius 2 is 2.06 bits per heavy atom. The Kier molecular flexibility index (Phi) is 7.68. The zero-order valence-corrected chi connectivity index (χ0v) is 19.5. The normalized spacial score (nSPS) is 21.5. The Morgan fingerprint density at radius 1 is 1.22 bits per heavy atom. The monoisotopic (exact) mass is 456 g/mol. The van der Waals surface area contributed by atoms with E-state index in [-0.39, 0.29) is 24.0 Å². The molecule has 172 valence electrons. The molecule has 2 heterocycles. The van der Waals surface area contributed by atoms with Gasteiger partial charge in [-0.25, -0.2) is 0 Å². The molecule has 2 unspecified atom stereocenters. The van der Waals surface area contributed by atoms with Gasteiger partial charge < -0.3 is 14.7 Å². The van der Waals surface area contributed by atoms with Crippen molar-refractivity contribution in [2.75, 3.05) is 32.5 Å². The summed E-state index contributed by atoms with van der Waals surface area (Å²) >= 11 is 2.05. The summed E-state index contributed by atoms with van der Waals surface area (Å²) in [4.78, 5) is 31.4. The van der Waals surface area contributed by atoms with Crippen LogP contribution in [0, 0.1) is 11.8 Å². The van der Waals surface area contributed by atoms with E-state index in [2.05, 4.69) is 21.6 Å². The third kappa shape index (κ3) is 6.01. The molecule has 0 amide bonds. The maximum absolute atomic E-state index is 13.1. The van der Waals surface area contributed by atoms with Crippen molar-refractivity contribution in [3.63, 3.8) is 0 Å². The SMILES string of the molecule is COc1ccc2nccc(C(=O)CCC3CCN(CCSC4CC4)CC3CC(=O)O)c2c1. The van der Waals surface area contributed by atoms with Crippen molar-refractivity contribution in [3.8, 4) is 5.75 Å². The molecule has 1 saturated heterocycles. The van der Waals surface area contributed by atoms with E-state index in [0.717, 1.165) is 54.4 Å². The highest BCUT2D eigenvalue weighted by atomic mass is 32.2. The fraction of sp³-hybridized carbons (Fsp3) is 0.560. The standard InChI is InChI=1S/C25H32N2O4S/c1-31-19-3-6-23-22(15-19)21(8-10-26-23)24(28)7-2-17-9-11-27(12-13-32-20-4-5-20)16-18(17)14-25(29)30/h3,6,8,10,15,17-18,20H,2,4-5,7,9,11-14,16H2,1H3,(H,29,30). The molecular formula is C25H32N2O4S. The van der Waals surface area contributed by atoms with Crippen LogP contribution in [0.4, 0.5) is 0 Å². The quantitative estimate of drug-likeness (QED) is 0.498. The number of rotatable bonds is 11. The Labute approximate surface area is 193 Å². The Hall–Kier alpha value is -2.12. The van der Waals surface area contributed by atoms with E-state index >= 15 is 0 Å². The average molecular weight is 457 g/mol. The first-order valence-electron chi connectivity index (χ1n) is 11.5. The Morgan fingerprint density at radius 3 is 2.81 bits per heavy atom. The molecule has 4 rings (SSSR count). The van der Waals surface area contributed by atoms with Crippen molar-refractivity contribution in [1.29, 1.82) is 0 Å². The van der Waals surface area contributed by atoms with Crippen molar-refractivity contribution < 1.29 is 19.4 Å². The Bertz CT molecular complexity index is 962. The number of ketones is 1. The molecule has 0 radical (unpaired) electrons. The van der Waals surface area contributed by atoms with Gasteiger partial charge in [0.05, 0.1) is 12.6 Å². The number of fused-ring (bicyclic) bond motifs is 1. The number of carboxylic acids is 1. The molecule has 0 spiro atoms. The molecule has 0 bridgehead atoms. The van der Waals surface area contributed by atoms with Gasteiger partial charge in [0.15, 0.2) is 5.78 Å². The van der Waals surface area contributed by atoms with Crippen molar-refractivity contribution >= 4 is 34.4 Å². The van der Waals surface area contributed by atoms with Crippen LogP contribution in [0.1, 0.15) is 48.9 Å². The van der Waals surface area contributed by atoms with Crippen molar-refractivity contribution in [2.24, 2.45) is 11.8 Å². The molecular weight excluding hydrogens is 424 g/mol. The summed E-state index contributed by atoms with van der Waals surface area (Å²) in [6.07, 6.45) is 6.67. The van der Waals surface area contributed by atoms with Gasteiger partial charge in [0.25, 0.3) is 0 Å². The van der Waals surface area contributed by atoms with Gasteiger partial charge in [-0.3, -0.25) is 14.6 Å². The van der Waals surface area contributed by atoms with Crippen LogP contribution in [0.5, 0.6) is 5.75 Å². The summed E-state index contributed by atoms with van der Waals surface area (Å²) in [5.74, 6) is 1.55. The molecule has 1 aromatic carbocycles. The highest BCUT2D eigenvalue weighted by molar-refractivity contribution is 8.00. The van der Waals surface area contributed by atoms with Gasteiger partial charge in [-0.2, -0.15) is 11.8 Å². The second-order valence-corrected chi connectivity index (χ2v) is 10.4. The lowest BCUT2D eigenvalue weighted by Crippen LogP contribution is -2.42. The molecule has 2 atom stereocenters. The number of pyridine rings is 1. The summed E-state index contributed by atoms with van der Waals surface area (Å²) in [5, 5.41) is 11.1. The molecule has 1 aliphatic carbocycles. The number of thioether (sulfide) groups is 1. The van der Waals surface area contributed by atoms with Crippen LogP contribution in [0.25, 0.3) is 10.9 Å². The van der Waals surface area contributed by atoms with Gasteiger partial charge in [0, 0.05) is 54.1 Å². The number of carbonyl (C=O) groups is 2. The van der Waals surface area contributed by atoms with E-state index in [0.29, 0.717) is 17.7 Å². The molecule has 32 heavy (non-hydrogen) atoms. The molecule has 1 aliphatic heterocycles. The van der Waals surface area contributed by atoms with Gasteiger partial charge in [-0.15, -0.1) is 0 Å². The summed E-state index contributed by atoms with van der Waals surface area (Å²) < 4.78 is 5.32. The third-order valence-electron chi connectivity index (χ3n) is 6.69. The predicted octanol–water partition coefficient (Wildman–Crippen LogP) is 4.51. The van der Waals surface area contributed by atoms with E-state index in [1.807, 2.05) is 18.2 Å². The number of likely N-dealkylation sites (tertiary alicyclic amines) is 1. The van der Waals surface area contributed by atoms with Gasteiger partial charge in [-0.1, -0.05) is 0 Å². The second kappa shape index (κ2) is 10.7. The lowest BCUT2D eigenvalue weighted by molar-refractivity contribution is -0.139. The Balaban J connectivity index is 1.37. The van der Waals surface area contributed by atoms with Crippen molar-refractivity contribution in [3.05, 3.63) is 36.0 Å². The smallest absolute Gasteiger partial charge is 0.303 e. The largest absolute Gasteiger partial charge is 0.497 e. The minimum absolute atomic E-state index is 0.0861. The van der Waals surface area contributed by atoms with Gasteiger partial charge in [-0.05, 0) is 68.3 Å². The van der Waals surface area contributed by atoms with Crippen LogP contribution >= 0.6 is 11.8 Å². The third-order valence-corrected chi connectivity index (χ3v) is 8.05. The van der Waals surface area contributed by atoms with Crippen LogP contribution in [-0.2, 0) is 4.79 Å². The van der Waals surface area contributed by atoms with Gasteiger partial charge in [0.1, 0.15) is 5.75 Å². The van der Waals surface area contributed by atoms with Crippen molar-refractivity contribution in [2.45, 2.75) is 43.8 Å². The van der Waals surface area contributed by atoms with Gasteiger partial charge in [0.2, 0.25) is 0 Å². The summed E-state index contributed by atoms with van der Waals surface area (Å²) in [7, 11) is 1.61. The van der Waals surface area contributed by atoms with E-state index in [9.17, 15) is 14.7 Å². The van der Waals surface area contributed by atoms with E-state index in [1.165, 1.54) is 12.8 Å². The van der Waals surface area contributed by atoms with Crippen LogP contribution in [0.3, 0.4) is 0 Å². The molecule has 2 aliphatic rings. The van der Waals surface area contributed by atoms with E-state index < -0.39 is 5.97 Å². The number of benzene rings is 1. The number of hydrogen-bond acceptors (Lipinski definition) is 6. The first-order chi connectivity index (χ1) is 15.5. The fourth-order valence-corrected chi connectivity index (χ4v) is 5.89. The minimum atomic E-state index is -0.743. The number of aromatic nitrogens is 1. The number of piperidine rings is 1. The number of ether oxygens (including phenoxy) is 1. The van der Waals surface area contributed by atoms with E-state index in [4.69, 9.17) is 4.74 Å². The number of aliphatic carboxylic acids is 1. The van der Waals surface area contributed by atoms with Crippen LogP contribution < -0.4 is 4.74 Å². The fourth-order valence-electron chi connectivity index (χ4n) is 4.72. The van der Waals surface area contributed by atoms with Crippen LogP contribution in [0.2, 0.25) is 0 Å². The highest BCUT2D eigenvalue weighted by Gasteiger charge is 2.31. The number of carboxylic acid groups (broad SMARTS) is 1. The van der Waals surface area contributed by atoms with Crippen molar-refractivity contribution in [1.82, 2.24) is 9.88 Å². The molecule has 6 nitrogen and oxygen atoms in total. The summed E-state index contributed by atoms with van der Waals surface area (Å²) in [6, 6.07) is 7.35. The maximum atomic E-state index is 13.1. The lowest BCUT2D eigenvalue weighted by Gasteiger charge is -2.38. The molecule has 1 saturated carbocycles. The second-order valence-electron chi connectivity index (χ2n) is 8.98. The maximum Gasteiger partial charge on any atom is 0.303 e. The summed E-state index contributed by atoms with van der Waals surface area (Å²) in [5.41, 5.74) is 1.44. The first kappa shape index (κ1) is 23.1. The molecule has 2 aromatic rings. The number of methoxy groups -OCH3 is 1. The topological polar surface area (TPSA) is 79.7 Å². The van der Waals surface area contributed by atoms with Gasteiger partial charge >= 0.3 is 5.97 Å².